The summed E-state index contributed by atoms with van der Waals surface area (Å²) in [5.41, 5.74) is 2.39. The molecule has 3 atom stereocenters. The lowest BCUT2D eigenvalue weighted by Crippen LogP contribution is -2.43. The van der Waals surface area contributed by atoms with Crippen LogP contribution in [0.2, 0.25) is 5.02 Å². The molecule has 0 saturated carbocycles. The molecule has 7 heterocycles. The maximum absolute atomic E-state index is 17.1. The molecule has 0 aliphatic carbocycles. The average Bonchev–Trinajstić information content (AvgIpc) is 3.76. The zero-order chi connectivity index (χ0) is 32.1. The number of carbonyl (C=O) groups is 1. The van der Waals surface area contributed by atoms with E-state index in [9.17, 15) is 9.18 Å². The number of hydrogen-bond acceptors (Lipinski definition) is 7. The molecule has 3 saturated heterocycles. The number of benzene rings is 2. The van der Waals surface area contributed by atoms with E-state index in [2.05, 4.69) is 25.3 Å². The Morgan fingerprint density at radius 2 is 1.96 bits per heavy atom. The first kappa shape index (κ1) is 30.7. The number of piperidine rings is 1. The average molecular weight is 664 g/mol. The van der Waals surface area contributed by atoms with Gasteiger partial charge in [0.1, 0.15) is 24.1 Å². The molecular formula is C35H40ClF2N7O2. The Balaban J connectivity index is 1.27. The highest BCUT2D eigenvalue weighted by Gasteiger charge is 2.49. The van der Waals surface area contributed by atoms with E-state index in [1.54, 1.807) is 12.3 Å². The molecule has 9 rings (SSSR count). The number of rotatable bonds is 3. The van der Waals surface area contributed by atoms with Crippen LogP contribution in [-0.4, -0.2) is 82.0 Å². The Hall–Kier alpha value is -3.57. The predicted octanol–water partition coefficient (Wildman–Crippen LogP) is 6.37. The lowest BCUT2D eigenvalue weighted by atomic mass is 9.91. The van der Waals surface area contributed by atoms with Gasteiger partial charge in [0.2, 0.25) is 5.91 Å². The van der Waals surface area contributed by atoms with Gasteiger partial charge in [-0.05, 0) is 81.5 Å². The highest BCUT2D eigenvalue weighted by molar-refractivity contribution is 6.33. The van der Waals surface area contributed by atoms with Crippen LogP contribution in [0.5, 0.6) is 6.01 Å². The number of aromatic amines is 1. The lowest BCUT2D eigenvalue weighted by Gasteiger charge is -2.35. The molecule has 0 spiro atoms. The van der Waals surface area contributed by atoms with Gasteiger partial charge in [-0.1, -0.05) is 17.7 Å². The first-order valence-electron chi connectivity index (χ1n) is 17.1. The molecule has 248 valence electrons. The van der Waals surface area contributed by atoms with Gasteiger partial charge in [0.15, 0.2) is 5.82 Å². The van der Waals surface area contributed by atoms with Gasteiger partial charge in [0.25, 0.3) is 0 Å². The maximum atomic E-state index is 17.1. The topological polar surface area (TPSA) is 99.3 Å². The van der Waals surface area contributed by atoms with Gasteiger partial charge in [0, 0.05) is 65.9 Å². The van der Waals surface area contributed by atoms with Crippen molar-refractivity contribution in [3.05, 3.63) is 40.8 Å². The SMILES string of the molecule is O=C1CCCCc2c(Cl)cc3[nH]ncc3c2-c2ccc3c(nc(OC[C@@]45CCCN4C[C@H](F)C5)nc3c2F)N2CCCC(CCN1)C2. The molecular weight excluding hydrogens is 624 g/mol. The molecule has 1 amide bonds. The van der Waals surface area contributed by atoms with Crippen molar-refractivity contribution in [2.45, 2.75) is 75.9 Å². The normalized spacial score (nSPS) is 25.6. The third-order valence-corrected chi connectivity index (χ3v) is 11.2. The maximum Gasteiger partial charge on any atom is 0.319 e. The Morgan fingerprint density at radius 1 is 1.06 bits per heavy atom. The molecule has 2 aromatic carbocycles. The molecule has 4 aromatic rings. The van der Waals surface area contributed by atoms with Gasteiger partial charge in [0.05, 0.1) is 17.3 Å². The van der Waals surface area contributed by atoms with E-state index in [4.69, 9.17) is 26.3 Å². The number of ether oxygens (including phenoxy) is 1. The number of nitrogens with zero attached hydrogens (tertiary/aromatic N) is 5. The summed E-state index contributed by atoms with van der Waals surface area (Å²) in [6.07, 6.45) is 8.40. The van der Waals surface area contributed by atoms with Crippen LogP contribution in [0.3, 0.4) is 0 Å². The van der Waals surface area contributed by atoms with Crippen LogP contribution < -0.4 is 15.0 Å². The summed E-state index contributed by atoms with van der Waals surface area (Å²) in [4.78, 5) is 26.7. The summed E-state index contributed by atoms with van der Waals surface area (Å²) in [6, 6.07) is 5.66. The summed E-state index contributed by atoms with van der Waals surface area (Å²) in [5.74, 6) is 0.579. The summed E-state index contributed by atoms with van der Waals surface area (Å²) in [6.45, 7) is 3.66. The quantitative estimate of drug-likeness (QED) is 0.263. The van der Waals surface area contributed by atoms with Gasteiger partial charge < -0.3 is 15.0 Å². The minimum Gasteiger partial charge on any atom is -0.461 e. The number of hydrogen-bond donors (Lipinski definition) is 2. The number of carbonyl (C=O) groups excluding carboxylic acids is 1. The monoisotopic (exact) mass is 663 g/mol. The van der Waals surface area contributed by atoms with Crippen LogP contribution >= 0.6 is 11.6 Å². The molecule has 2 aromatic heterocycles. The third-order valence-electron chi connectivity index (χ3n) is 10.8. The molecule has 5 aliphatic heterocycles. The van der Waals surface area contributed by atoms with Crippen LogP contribution in [0.15, 0.2) is 24.4 Å². The van der Waals surface area contributed by atoms with Crippen molar-refractivity contribution in [1.82, 2.24) is 30.4 Å². The molecule has 9 nitrogen and oxygen atoms in total. The van der Waals surface area contributed by atoms with Gasteiger partial charge in [-0.25, -0.2) is 8.78 Å². The second-order valence-corrected chi connectivity index (χ2v) is 14.3. The fraction of sp³-hybridized carbons (Fsp3) is 0.543. The summed E-state index contributed by atoms with van der Waals surface area (Å²) in [7, 11) is 0. The van der Waals surface area contributed by atoms with Crippen molar-refractivity contribution in [2.24, 2.45) is 5.92 Å². The molecule has 5 aliphatic rings. The van der Waals surface area contributed by atoms with E-state index in [1.165, 1.54) is 0 Å². The molecule has 0 radical (unpaired) electrons. The summed E-state index contributed by atoms with van der Waals surface area (Å²) >= 11 is 6.86. The molecule has 1 unspecified atom stereocenters. The van der Waals surface area contributed by atoms with Crippen molar-refractivity contribution in [3.63, 3.8) is 0 Å². The molecule has 2 N–H and O–H groups in total. The number of nitrogens with one attached hydrogen (secondary N) is 2. The zero-order valence-corrected chi connectivity index (χ0v) is 27.2. The summed E-state index contributed by atoms with van der Waals surface area (Å²) < 4.78 is 38.0. The first-order valence-corrected chi connectivity index (χ1v) is 17.4. The molecule has 47 heavy (non-hydrogen) atoms. The molecule has 12 heteroatoms. The van der Waals surface area contributed by atoms with E-state index in [0.717, 1.165) is 69.1 Å². The Labute approximate surface area is 277 Å². The zero-order valence-electron chi connectivity index (χ0n) is 26.5. The number of halogens is 3. The van der Waals surface area contributed by atoms with Gasteiger partial charge >= 0.3 is 6.01 Å². The second kappa shape index (κ2) is 12.5. The lowest BCUT2D eigenvalue weighted by molar-refractivity contribution is -0.121. The number of fused-ring (bicyclic) bond motifs is 10. The standard InChI is InChI=1S/C35H40ClF2N7O2/c36-27-15-28-26(17-40-43-28)30-23(27)6-1-2-7-29(46)39-12-10-21-5-3-13-44(18-21)33-25-9-8-24(30)31(38)32(25)41-34(42-33)47-20-35-11-4-14-45(35)19-22(37)16-35/h8-9,15,17,21-22H,1-7,10-14,16,18-20H2,(H,39,46)(H,40,43)/t21?,22-,35+/m1/s1. The predicted molar refractivity (Wildman–Crippen MR) is 178 cm³/mol. The van der Waals surface area contributed by atoms with Crippen LogP contribution in [0.1, 0.15) is 63.4 Å². The van der Waals surface area contributed by atoms with Crippen molar-refractivity contribution < 1.29 is 18.3 Å². The van der Waals surface area contributed by atoms with E-state index in [-0.39, 0.29) is 29.6 Å². The van der Waals surface area contributed by atoms with E-state index < -0.39 is 12.0 Å². The minimum absolute atomic E-state index is 0.0530. The number of H-pyrrole nitrogens is 1. The van der Waals surface area contributed by atoms with Crippen LogP contribution in [0.25, 0.3) is 32.9 Å². The van der Waals surface area contributed by atoms with Crippen molar-refractivity contribution >= 4 is 45.1 Å². The van der Waals surface area contributed by atoms with Gasteiger partial charge in [-0.3, -0.25) is 14.8 Å². The third kappa shape index (κ3) is 5.69. The van der Waals surface area contributed by atoms with Crippen LogP contribution in [0.4, 0.5) is 14.6 Å². The van der Waals surface area contributed by atoms with Crippen LogP contribution in [0, 0.1) is 11.7 Å². The highest BCUT2D eigenvalue weighted by Crippen LogP contribution is 2.43. The smallest absolute Gasteiger partial charge is 0.319 e. The fourth-order valence-corrected chi connectivity index (χ4v) is 8.81. The fourth-order valence-electron chi connectivity index (χ4n) is 8.51. The van der Waals surface area contributed by atoms with Crippen molar-refractivity contribution in [2.75, 3.05) is 44.2 Å². The highest BCUT2D eigenvalue weighted by atomic mass is 35.5. The van der Waals surface area contributed by atoms with Crippen molar-refractivity contribution in [1.29, 1.82) is 0 Å². The van der Waals surface area contributed by atoms with Gasteiger partial charge in [-0.2, -0.15) is 15.1 Å². The number of aromatic nitrogens is 4. The largest absolute Gasteiger partial charge is 0.461 e. The minimum atomic E-state index is -0.881. The van der Waals surface area contributed by atoms with E-state index >= 15 is 4.39 Å². The van der Waals surface area contributed by atoms with Crippen molar-refractivity contribution in [3.8, 4) is 17.1 Å². The Morgan fingerprint density at radius 3 is 2.87 bits per heavy atom. The first-order chi connectivity index (χ1) is 22.9. The molecule has 6 bridgehead atoms. The van der Waals surface area contributed by atoms with E-state index in [0.29, 0.717) is 77.6 Å². The molecule has 3 fully saturated rings. The van der Waals surface area contributed by atoms with Gasteiger partial charge in [-0.15, -0.1) is 0 Å². The second-order valence-electron chi connectivity index (χ2n) is 13.9. The summed E-state index contributed by atoms with van der Waals surface area (Å²) in [5, 5.41) is 12.3. The number of amides is 1. The van der Waals surface area contributed by atoms with Crippen LogP contribution in [-0.2, 0) is 11.2 Å². The Bertz CT molecular complexity index is 1840. The number of alkyl halides is 1. The van der Waals surface area contributed by atoms with E-state index in [1.807, 2.05) is 12.1 Å². The Kier molecular flexibility index (Phi) is 8.16. The number of anilines is 1.